The van der Waals surface area contributed by atoms with Crippen molar-refractivity contribution < 1.29 is 13.6 Å². The normalized spacial score (nSPS) is 10.5. The molecule has 0 atom stereocenters. The SMILES string of the molecule is O=CC=Nc1ccc(F)cc1F. The first kappa shape index (κ1) is 8.52. The number of halogens is 2. The Morgan fingerprint density at radius 3 is 2.67 bits per heavy atom. The molecule has 0 radical (unpaired) electrons. The minimum absolute atomic E-state index is 0.0523. The lowest BCUT2D eigenvalue weighted by molar-refractivity contribution is -0.102. The molecular formula is C8H5F2NO. The van der Waals surface area contributed by atoms with Crippen molar-refractivity contribution in [1.29, 1.82) is 0 Å². The zero-order valence-electron chi connectivity index (χ0n) is 6.00. The number of nitrogens with zero attached hydrogens (tertiary/aromatic N) is 1. The van der Waals surface area contributed by atoms with Gasteiger partial charge in [0.25, 0.3) is 0 Å². The van der Waals surface area contributed by atoms with Crippen LogP contribution in [0.4, 0.5) is 14.5 Å². The van der Waals surface area contributed by atoms with E-state index in [9.17, 15) is 13.6 Å². The average molecular weight is 169 g/mol. The number of hydrogen-bond donors (Lipinski definition) is 0. The second-order valence-electron chi connectivity index (χ2n) is 2.01. The highest BCUT2D eigenvalue weighted by molar-refractivity contribution is 6.13. The van der Waals surface area contributed by atoms with Crippen LogP contribution in [-0.4, -0.2) is 12.5 Å². The number of carbonyl (C=O) groups excluding carboxylic acids is 1. The molecule has 0 aliphatic carbocycles. The van der Waals surface area contributed by atoms with Crippen molar-refractivity contribution in [1.82, 2.24) is 0 Å². The van der Waals surface area contributed by atoms with Gasteiger partial charge < -0.3 is 0 Å². The molecule has 0 amide bonds. The predicted octanol–water partition coefficient (Wildman–Crippen LogP) is 1.87. The van der Waals surface area contributed by atoms with Crippen molar-refractivity contribution in [3.8, 4) is 0 Å². The largest absolute Gasteiger partial charge is 0.297 e. The van der Waals surface area contributed by atoms with Gasteiger partial charge in [-0.3, -0.25) is 9.79 Å². The predicted molar refractivity (Wildman–Crippen MR) is 40.6 cm³/mol. The van der Waals surface area contributed by atoms with Crippen molar-refractivity contribution in [3.05, 3.63) is 29.8 Å². The van der Waals surface area contributed by atoms with Crippen LogP contribution in [0, 0.1) is 11.6 Å². The summed E-state index contributed by atoms with van der Waals surface area (Å²) in [5, 5.41) is 0. The third kappa shape index (κ3) is 1.95. The molecule has 1 rings (SSSR count). The summed E-state index contributed by atoms with van der Waals surface area (Å²) in [6.07, 6.45) is 1.32. The molecule has 0 heterocycles. The van der Waals surface area contributed by atoms with Gasteiger partial charge in [-0.2, -0.15) is 0 Å². The summed E-state index contributed by atoms with van der Waals surface area (Å²) in [6.45, 7) is 0. The van der Waals surface area contributed by atoms with Crippen LogP contribution in [0.15, 0.2) is 23.2 Å². The van der Waals surface area contributed by atoms with E-state index in [-0.39, 0.29) is 5.69 Å². The Morgan fingerprint density at radius 1 is 1.33 bits per heavy atom. The molecule has 0 spiro atoms. The highest BCUT2D eigenvalue weighted by atomic mass is 19.1. The highest BCUT2D eigenvalue weighted by Crippen LogP contribution is 2.17. The van der Waals surface area contributed by atoms with Crippen LogP contribution >= 0.6 is 0 Å². The molecule has 12 heavy (non-hydrogen) atoms. The van der Waals surface area contributed by atoms with Gasteiger partial charge in [-0.15, -0.1) is 0 Å². The molecule has 2 nitrogen and oxygen atoms in total. The quantitative estimate of drug-likeness (QED) is 0.490. The maximum absolute atomic E-state index is 12.7. The third-order valence-corrected chi connectivity index (χ3v) is 1.18. The molecule has 1 aromatic rings. The van der Waals surface area contributed by atoms with Crippen LogP contribution in [-0.2, 0) is 4.79 Å². The molecule has 0 aliphatic rings. The van der Waals surface area contributed by atoms with Gasteiger partial charge in [0.05, 0.1) is 11.9 Å². The maximum atomic E-state index is 12.7. The van der Waals surface area contributed by atoms with Gasteiger partial charge in [0.15, 0.2) is 12.1 Å². The first-order valence-corrected chi connectivity index (χ1v) is 3.17. The minimum atomic E-state index is -0.784. The van der Waals surface area contributed by atoms with Crippen molar-refractivity contribution in [2.75, 3.05) is 0 Å². The molecule has 0 aliphatic heterocycles. The van der Waals surface area contributed by atoms with E-state index < -0.39 is 11.6 Å². The first-order valence-electron chi connectivity index (χ1n) is 3.17. The Hall–Kier alpha value is -1.58. The highest BCUT2D eigenvalue weighted by Gasteiger charge is 2.00. The van der Waals surface area contributed by atoms with Crippen LogP contribution in [0.3, 0.4) is 0 Å². The fourth-order valence-electron chi connectivity index (χ4n) is 0.697. The van der Waals surface area contributed by atoms with E-state index in [0.717, 1.165) is 18.3 Å². The van der Waals surface area contributed by atoms with Gasteiger partial charge >= 0.3 is 0 Å². The molecule has 0 saturated heterocycles. The van der Waals surface area contributed by atoms with Gasteiger partial charge in [-0.1, -0.05) is 0 Å². The molecule has 0 unspecified atom stereocenters. The van der Waals surface area contributed by atoms with E-state index in [1.165, 1.54) is 0 Å². The number of aliphatic imine (C=N–C) groups is 1. The molecule has 0 aromatic heterocycles. The molecule has 1 aromatic carbocycles. The van der Waals surface area contributed by atoms with E-state index in [2.05, 4.69) is 4.99 Å². The molecule has 0 saturated carbocycles. The summed E-state index contributed by atoms with van der Waals surface area (Å²) in [6, 6.07) is 2.93. The number of aldehydes is 1. The molecule has 0 N–H and O–H groups in total. The standard InChI is InChI=1S/C8H5F2NO/c9-6-1-2-8(7(10)5-6)11-3-4-12/h1-5H. The number of benzene rings is 1. The van der Waals surface area contributed by atoms with E-state index >= 15 is 0 Å². The average Bonchev–Trinajstić information content (AvgIpc) is 2.03. The monoisotopic (exact) mass is 169 g/mol. The second kappa shape index (κ2) is 3.71. The summed E-state index contributed by atoms with van der Waals surface area (Å²) < 4.78 is 25.0. The maximum Gasteiger partial charge on any atom is 0.161 e. The third-order valence-electron chi connectivity index (χ3n) is 1.18. The number of carbonyl (C=O) groups is 1. The van der Waals surface area contributed by atoms with E-state index in [1.54, 1.807) is 0 Å². The zero-order valence-corrected chi connectivity index (χ0v) is 6.00. The van der Waals surface area contributed by atoms with E-state index in [4.69, 9.17) is 0 Å². The van der Waals surface area contributed by atoms with Gasteiger partial charge in [0.1, 0.15) is 5.82 Å². The van der Waals surface area contributed by atoms with Gasteiger partial charge in [0.2, 0.25) is 0 Å². The Kier molecular flexibility index (Phi) is 2.63. The van der Waals surface area contributed by atoms with E-state index in [1.807, 2.05) is 0 Å². The molecule has 4 heteroatoms. The van der Waals surface area contributed by atoms with Crippen LogP contribution in [0.1, 0.15) is 0 Å². The van der Waals surface area contributed by atoms with Crippen molar-refractivity contribution >= 4 is 18.2 Å². The van der Waals surface area contributed by atoms with Gasteiger partial charge in [0, 0.05) is 6.07 Å². The van der Waals surface area contributed by atoms with Crippen LogP contribution < -0.4 is 0 Å². The van der Waals surface area contributed by atoms with Crippen LogP contribution in [0.2, 0.25) is 0 Å². The summed E-state index contributed by atoms with van der Waals surface area (Å²) in [4.78, 5) is 13.2. The minimum Gasteiger partial charge on any atom is -0.297 e. The molecule has 62 valence electrons. The van der Waals surface area contributed by atoms with Gasteiger partial charge in [-0.25, -0.2) is 8.78 Å². The van der Waals surface area contributed by atoms with Crippen LogP contribution in [0.5, 0.6) is 0 Å². The summed E-state index contributed by atoms with van der Waals surface area (Å²) in [5.74, 6) is -1.45. The van der Waals surface area contributed by atoms with Crippen molar-refractivity contribution in [2.45, 2.75) is 0 Å². The lowest BCUT2D eigenvalue weighted by Gasteiger charge is -1.93. The lowest BCUT2D eigenvalue weighted by atomic mass is 10.3. The van der Waals surface area contributed by atoms with Crippen molar-refractivity contribution in [2.24, 2.45) is 4.99 Å². The summed E-state index contributed by atoms with van der Waals surface area (Å²) in [5.41, 5.74) is -0.0523. The number of hydrogen-bond acceptors (Lipinski definition) is 2. The topological polar surface area (TPSA) is 29.4 Å². The van der Waals surface area contributed by atoms with Crippen molar-refractivity contribution in [3.63, 3.8) is 0 Å². The Labute approximate surface area is 67.5 Å². The fraction of sp³-hybridized carbons (Fsp3) is 0. The lowest BCUT2D eigenvalue weighted by Crippen LogP contribution is -1.80. The van der Waals surface area contributed by atoms with E-state index in [0.29, 0.717) is 12.4 Å². The Balaban J connectivity index is 3.01. The van der Waals surface area contributed by atoms with Gasteiger partial charge in [-0.05, 0) is 12.1 Å². The zero-order chi connectivity index (χ0) is 8.97. The Morgan fingerprint density at radius 2 is 2.08 bits per heavy atom. The molecule has 0 bridgehead atoms. The number of rotatable bonds is 2. The Bertz CT molecular complexity index is 323. The fourth-order valence-corrected chi connectivity index (χ4v) is 0.697. The summed E-state index contributed by atoms with van der Waals surface area (Å²) >= 11 is 0. The molecule has 0 fully saturated rings. The summed E-state index contributed by atoms with van der Waals surface area (Å²) in [7, 11) is 0. The smallest absolute Gasteiger partial charge is 0.161 e. The second-order valence-corrected chi connectivity index (χ2v) is 2.01. The first-order chi connectivity index (χ1) is 5.74. The van der Waals surface area contributed by atoms with Crippen LogP contribution in [0.25, 0.3) is 0 Å². The molecular weight excluding hydrogens is 164 g/mol.